The summed E-state index contributed by atoms with van der Waals surface area (Å²) in [5.74, 6) is -3.76. The van der Waals surface area contributed by atoms with Crippen LogP contribution in [0.4, 0.5) is 0 Å². The fourth-order valence-electron chi connectivity index (χ4n) is 3.58. The smallest absolute Gasteiger partial charge is 0.329 e. The zero-order valence-corrected chi connectivity index (χ0v) is 23.3. The molecule has 5 atom stereocenters. The summed E-state index contributed by atoms with van der Waals surface area (Å²) in [6.07, 6.45) is 3.73. The van der Waals surface area contributed by atoms with Crippen molar-refractivity contribution in [2.45, 2.75) is 71.7 Å². The maximum absolute atomic E-state index is 13.2. The van der Waals surface area contributed by atoms with Gasteiger partial charge in [0.2, 0.25) is 17.7 Å². The molecule has 2 bridgehead atoms. The summed E-state index contributed by atoms with van der Waals surface area (Å²) in [6.45, 7) is 8.47. The minimum absolute atomic E-state index is 0.0237. The van der Waals surface area contributed by atoms with Gasteiger partial charge in [-0.1, -0.05) is 50.6 Å². The van der Waals surface area contributed by atoms with E-state index in [9.17, 15) is 28.2 Å². The molecule has 2 heterocycles. The van der Waals surface area contributed by atoms with E-state index in [4.69, 9.17) is 4.74 Å². The van der Waals surface area contributed by atoms with Gasteiger partial charge in [-0.05, 0) is 31.3 Å². The van der Waals surface area contributed by atoms with Crippen LogP contribution in [-0.4, -0.2) is 69.5 Å². The summed E-state index contributed by atoms with van der Waals surface area (Å²) < 4.78 is 18.1. The van der Waals surface area contributed by atoms with Crippen molar-refractivity contribution in [2.24, 2.45) is 11.8 Å². The van der Waals surface area contributed by atoms with Crippen molar-refractivity contribution in [1.82, 2.24) is 21.3 Å². The highest BCUT2D eigenvalue weighted by atomic mass is 33.1. The van der Waals surface area contributed by atoms with E-state index in [1.165, 1.54) is 6.08 Å². The maximum Gasteiger partial charge on any atom is 0.329 e. The Bertz CT molecular complexity index is 980. The zero-order valence-electron chi connectivity index (χ0n) is 21.7. The van der Waals surface area contributed by atoms with Crippen molar-refractivity contribution in [1.29, 1.82) is 0 Å². The second kappa shape index (κ2) is 14.3. The monoisotopic (exact) mass is 556 g/mol. The Morgan fingerprint density at radius 3 is 2.30 bits per heavy atom. The minimum Gasteiger partial charge on any atom is -0.456 e. The second-order valence-electron chi connectivity index (χ2n) is 9.43. The molecule has 2 aliphatic heterocycles. The summed E-state index contributed by atoms with van der Waals surface area (Å²) in [6, 6.07) is -3.18. The van der Waals surface area contributed by atoms with Crippen molar-refractivity contribution >= 4 is 50.2 Å². The predicted octanol–water partition coefficient (Wildman–Crippen LogP) is 0.445. The van der Waals surface area contributed by atoms with Crippen LogP contribution in [0.1, 0.15) is 47.5 Å². The van der Waals surface area contributed by atoms with Gasteiger partial charge in [0.25, 0.3) is 5.91 Å². The lowest BCUT2D eigenvalue weighted by molar-refractivity contribution is -0.153. The number of hydrogen-bond acceptors (Lipinski definition) is 8. The molecule has 2 aliphatic rings. The van der Waals surface area contributed by atoms with Crippen LogP contribution in [-0.2, 0) is 38.5 Å². The number of nitrogens with one attached hydrogen (secondary N) is 4. The van der Waals surface area contributed by atoms with Crippen molar-refractivity contribution in [3.05, 3.63) is 23.9 Å². The predicted molar refractivity (Wildman–Crippen MR) is 141 cm³/mol. The molecule has 0 saturated carbocycles. The first-order chi connectivity index (χ1) is 17.4. The van der Waals surface area contributed by atoms with Gasteiger partial charge in [0.05, 0.1) is 16.3 Å². The van der Waals surface area contributed by atoms with Gasteiger partial charge in [0.1, 0.15) is 29.9 Å². The molecule has 1 fully saturated rings. The fourth-order valence-corrected chi connectivity index (χ4v) is 6.05. The van der Waals surface area contributed by atoms with E-state index < -0.39 is 63.7 Å². The quantitative estimate of drug-likeness (QED) is 0.165. The van der Waals surface area contributed by atoms with Crippen LogP contribution in [0.15, 0.2) is 23.9 Å². The van der Waals surface area contributed by atoms with Gasteiger partial charge in [-0.3, -0.25) is 19.2 Å². The molecule has 4 N–H and O–H groups in total. The number of carbonyl (C=O) groups is 5. The van der Waals surface area contributed by atoms with Crippen molar-refractivity contribution < 1.29 is 32.9 Å². The van der Waals surface area contributed by atoms with Crippen LogP contribution in [0.3, 0.4) is 0 Å². The van der Waals surface area contributed by atoms with E-state index in [-0.39, 0.29) is 35.5 Å². The van der Waals surface area contributed by atoms with Gasteiger partial charge in [-0.15, -0.1) is 0 Å². The van der Waals surface area contributed by atoms with Gasteiger partial charge in [0.15, 0.2) is 0 Å². The Hall–Kier alpha value is -2.67. The van der Waals surface area contributed by atoms with Gasteiger partial charge in [-0.2, -0.15) is 0 Å². The maximum atomic E-state index is 13.2. The highest BCUT2D eigenvalue weighted by molar-refractivity contribution is 8.69. The van der Waals surface area contributed by atoms with Crippen LogP contribution in [0, 0.1) is 11.8 Å². The van der Waals surface area contributed by atoms with Gasteiger partial charge in [0, 0.05) is 11.5 Å². The van der Waals surface area contributed by atoms with Crippen LogP contribution in [0.5, 0.6) is 0 Å². The summed E-state index contributed by atoms with van der Waals surface area (Å²) in [4.78, 5) is 65.2. The molecule has 11 nitrogen and oxygen atoms in total. The highest BCUT2D eigenvalue weighted by Crippen LogP contribution is 2.16. The molecule has 37 heavy (non-hydrogen) atoms. The van der Waals surface area contributed by atoms with Crippen molar-refractivity contribution in [3.63, 3.8) is 0 Å². The number of ether oxygens (including phenoxy) is 1. The molecular weight excluding hydrogens is 520 g/mol. The van der Waals surface area contributed by atoms with Gasteiger partial charge >= 0.3 is 5.97 Å². The molecule has 0 aromatic heterocycles. The third-order valence-corrected chi connectivity index (χ3v) is 8.72. The first-order valence-corrected chi connectivity index (χ1v) is 15.0. The van der Waals surface area contributed by atoms with Crippen LogP contribution < -0.4 is 21.3 Å². The number of rotatable bonds is 2. The normalized spacial score (nSPS) is 31.2. The first-order valence-electron chi connectivity index (χ1n) is 12.2. The SMILES string of the molecule is C/C=C1\NC(=O)[C@H]2CSS(=O)CC/C=C/[C@H](CC(=O)N[C@H](C(C)C)C(=O)N2)OC(=O)C(C(C)C)NC1=O. The second-order valence-corrected chi connectivity index (χ2v) is 12.8. The van der Waals surface area contributed by atoms with Gasteiger partial charge in [-0.25, -0.2) is 9.00 Å². The van der Waals surface area contributed by atoms with E-state index >= 15 is 0 Å². The number of amides is 4. The van der Waals surface area contributed by atoms with Crippen molar-refractivity contribution in [3.8, 4) is 0 Å². The molecule has 0 aliphatic carbocycles. The third-order valence-electron chi connectivity index (χ3n) is 5.72. The highest BCUT2D eigenvalue weighted by Gasteiger charge is 2.33. The van der Waals surface area contributed by atoms with E-state index in [0.29, 0.717) is 6.42 Å². The molecule has 2 rings (SSSR count). The summed E-state index contributed by atoms with van der Waals surface area (Å²) >= 11 is 0. The average Bonchev–Trinajstić information content (AvgIpc) is 2.82. The molecule has 2 unspecified atom stereocenters. The number of carbonyl (C=O) groups excluding carboxylic acids is 5. The van der Waals surface area contributed by atoms with Crippen LogP contribution >= 0.6 is 10.8 Å². The Labute approximate surface area is 223 Å². The standard InChI is InChI=1S/C24H36N4O7S2/c1-6-16-21(30)28-20(14(4)5)24(33)35-15-9-7-8-10-37(34)36-12-17(22(31)25-16)26-23(32)19(13(2)3)27-18(29)11-15/h6-7,9,13-15,17,19-20H,8,10-12H2,1-5H3,(H,25,31)(H,26,32)(H,27,29)(H,28,30)/b9-7+,16-6-/t15-,17-,19-,20?,37?/m1/s1. The minimum atomic E-state index is -1.38. The average molecular weight is 557 g/mol. The molecule has 13 heteroatoms. The Morgan fingerprint density at radius 1 is 1.00 bits per heavy atom. The van der Waals surface area contributed by atoms with Crippen LogP contribution in [0.25, 0.3) is 0 Å². The topological polar surface area (TPSA) is 160 Å². The third kappa shape index (κ3) is 9.29. The number of allylic oxidation sites excluding steroid dienone is 2. The van der Waals surface area contributed by atoms with Crippen LogP contribution in [0.2, 0.25) is 0 Å². The molecule has 0 aromatic rings. The van der Waals surface area contributed by atoms with E-state index in [2.05, 4.69) is 21.3 Å². The zero-order chi connectivity index (χ0) is 27.7. The molecular formula is C24H36N4O7S2. The molecule has 206 valence electrons. The van der Waals surface area contributed by atoms with E-state index in [1.807, 2.05) is 0 Å². The number of esters is 1. The molecule has 1 saturated heterocycles. The van der Waals surface area contributed by atoms with Crippen molar-refractivity contribution in [2.75, 3.05) is 11.5 Å². The summed E-state index contributed by atoms with van der Waals surface area (Å²) in [5, 5.41) is 10.4. The molecule has 4 amide bonds. The molecule has 0 spiro atoms. The van der Waals surface area contributed by atoms with Gasteiger partial charge < -0.3 is 26.0 Å². The van der Waals surface area contributed by atoms with E-state index in [1.54, 1.807) is 46.8 Å². The first kappa shape index (κ1) is 30.6. The lowest BCUT2D eigenvalue weighted by Gasteiger charge is -2.27. The fraction of sp³-hybridized carbons (Fsp3) is 0.625. The Kier molecular flexibility index (Phi) is 11.8. The number of fused-ring (bicyclic) bond motifs is 7. The molecule has 0 aromatic carbocycles. The lowest BCUT2D eigenvalue weighted by atomic mass is 10.0. The lowest BCUT2D eigenvalue weighted by Crippen LogP contribution is -2.57. The Balaban J connectivity index is 2.60. The largest absolute Gasteiger partial charge is 0.456 e. The Morgan fingerprint density at radius 2 is 1.68 bits per heavy atom. The molecule has 0 radical (unpaired) electrons. The summed E-state index contributed by atoms with van der Waals surface area (Å²) in [7, 11) is -0.384. The van der Waals surface area contributed by atoms with E-state index in [0.717, 1.165) is 10.8 Å². The summed E-state index contributed by atoms with van der Waals surface area (Å²) in [5.41, 5.74) is -0.115. The number of hydrogen-bond donors (Lipinski definition) is 4.